The molecule has 0 aliphatic carbocycles. The number of hydrogen-bond acceptors (Lipinski definition) is 3. The molecule has 0 aliphatic rings. The van der Waals surface area contributed by atoms with Crippen LogP contribution in [-0.4, -0.2) is 29.6 Å². The summed E-state index contributed by atoms with van der Waals surface area (Å²) in [6, 6.07) is 0. The molecule has 0 aromatic carbocycles. The van der Waals surface area contributed by atoms with Crippen molar-refractivity contribution in [1.82, 2.24) is 0 Å². The van der Waals surface area contributed by atoms with Gasteiger partial charge in [-0.05, 0) is 12.3 Å². The summed E-state index contributed by atoms with van der Waals surface area (Å²) in [5.74, 6) is 0.641. The average Bonchev–Trinajstić information content (AvgIpc) is 2.29. The van der Waals surface area contributed by atoms with Crippen molar-refractivity contribution in [1.29, 1.82) is 0 Å². The van der Waals surface area contributed by atoms with E-state index in [1.54, 1.807) is 14.2 Å². The third-order valence-electron chi connectivity index (χ3n) is 2.87. The van der Waals surface area contributed by atoms with Gasteiger partial charge in [0, 0.05) is 27.4 Å². The molecule has 0 saturated carbocycles. The van der Waals surface area contributed by atoms with Crippen LogP contribution in [0.4, 0.5) is 0 Å². The Balaban J connectivity index is 3.87. The zero-order chi connectivity index (χ0) is 11.7. The highest BCUT2D eigenvalue weighted by atomic mass is 28.4. The summed E-state index contributed by atoms with van der Waals surface area (Å²) in [6.07, 6.45) is 4.93. The molecular formula is C11H26O3Si. The lowest BCUT2D eigenvalue weighted by Crippen LogP contribution is -2.41. The van der Waals surface area contributed by atoms with Crippen LogP contribution in [-0.2, 0) is 13.3 Å². The van der Waals surface area contributed by atoms with Crippen LogP contribution in [0.5, 0.6) is 0 Å². The van der Waals surface area contributed by atoms with E-state index in [1.807, 2.05) is 6.55 Å². The van der Waals surface area contributed by atoms with E-state index in [4.69, 9.17) is 13.3 Å². The Labute approximate surface area is 95.5 Å². The molecule has 0 bridgehead atoms. The summed E-state index contributed by atoms with van der Waals surface area (Å²) in [6.45, 7) is 7.12. The molecular weight excluding hydrogens is 208 g/mol. The first-order valence-corrected chi connectivity index (χ1v) is 8.08. The summed E-state index contributed by atoms with van der Waals surface area (Å²) in [5, 5.41) is 0. The molecule has 0 aromatic rings. The smallest absolute Gasteiger partial charge is 0.377 e. The third-order valence-corrected chi connectivity index (χ3v) is 5.04. The van der Waals surface area contributed by atoms with E-state index in [0.29, 0.717) is 5.92 Å². The molecule has 0 aliphatic heterocycles. The summed E-state index contributed by atoms with van der Waals surface area (Å²) in [7, 11) is 0.995. The van der Waals surface area contributed by atoms with Crippen molar-refractivity contribution in [2.45, 2.75) is 46.1 Å². The van der Waals surface area contributed by atoms with Crippen molar-refractivity contribution in [3.05, 3.63) is 0 Å². The first-order valence-electron chi connectivity index (χ1n) is 5.86. The minimum atomic E-state index is -2.32. The molecule has 0 radical (unpaired) electrons. The highest BCUT2D eigenvalue weighted by molar-refractivity contribution is 6.59. The van der Waals surface area contributed by atoms with Gasteiger partial charge in [0.1, 0.15) is 0 Å². The monoisotopic (exact) mass is 234 g/mol. The van der Waals surface area contributed by atoms with Gasteiger partial charge >= 0.3 is 8.80 Å². The van der Waals surface area contributed by atoms with Crippen LogP contribution in [0.25, 0.3) is 0 Å². The van der Waals surface area contributed by atoms with Gasteiger partial charge in [-0.25, -0.2) is 0 Å². The maximum absolute atomic E-state index is 5.77. The number of unbranched alkanes of at least 4 members (excludes halogenated alkanes) is 1. The normalized spacial score (nSPS) is 14.2. The summed E-state index contributed by atoms with van der Waals surface area (Å²) in [4.78, 5) is 0. The Morgan fingerprint density at radius 3 is 2.13 bits per heavy atom. The fourth-order valence-corrected chi connectivity index (χ4v) is 2.31. The Hall–Kier alpha value is 0.0969. The van der Waals surface area contributed by atoms with E-state index in [0.717, 1.165) is 13.0 Å². The minimum absolute atomic E-state index is 0.641. The molecule has 92 valence electrons. The fraction of sp³-hybridized carbons (Fsp3) is 1.00. The highest BCUT2D eigenvalue weighted by Gasteiger charge is 2.32. The Morgan fingerprint density at radius 1 is 1.13 bits per heavy atom. The lowest BCUT2D eigenvalue weighted by Gasteiger charge is -2.25. The maximum Gasteiger partial charge on any atom is 0.497 e. The summed E-state index contributed by atoms with van der Waals surface area (Å²) in [5.41, 5.74) is 0. The molecule has 0 heterocycles. The van der Waals surface area contributed by atoms with Crippen LogP contribution < -0.4 is 0 Å². The van der Waals surface area contributed by atoms with Crippen molar-refractivity contribution >= 4 is 8.80 Å². The molecule has 3 nitrogen and oxygen atoms in total. The van der Waals surface area contributed by atoms with E-state index < -0.39 is 8.80 Å². The summed E-state index contributed by atoms with van der Waals surface area (Å²) < 4.78 is 16.3. The number of rotatable bonds is 9. The van der Waals surface area contributed by atoms with Gasteiger partial charge in [-0.3, -0.25) is 0 Å². The van der Waals surface area contributed by atoms with Crippen LogP contribution in [0.15, 0.2) is 0 Å². The molecule has 0 N–H and O–H groups in total. The van der Waals surface area contributed by atoms with E-state index in [1.165, 1.54) is 19.3 Å². The van der Waals surface area contributed by atoms with Crippen LogP contribution >= 0.6 is 0 Å². The van der Waals surface area contributed by atoms with Gasteiger partial charge in [0.15, 0.2) is 0 Å². The topological polar surface area (TPSA) is 27.7 Å². The zero-order valence-electron chi connectivity index (χ0n) is 10.8. The van der Waals surface area contributed by atoms with Gasteiger partial charge in [-0.2, -0.15) is 0 Å². The van der Waals surface area contributed by atoms with Crippen molar-refractivity contribution in [3.8, 4) is 0 Å². The Morgan fingerprint density at radius 2 is 1.73 bits per heavy atom. The molecule has 15 heavy (non-hydrogen) atoms. The molecule has 0 rings (SSSR count). The lowest BCUT2D eigenvalue weighted by atomic mass is 10.0. The van der Waals surface area contributed by atoms with E-state index in [2.05, 4.69) is 13.8 Å². The minimum Gasteiger partial charge on any atom is -0.377 e. The average molecular weight is 234 g/mol. The van der Waals surface area contributed by atoms with Gasteiger partial charge in [0.2, 0.25) is 0 Å². The largest absolute Gasteiger partial charge is 0.497 e. The second-order valence-electron chi connectivity index (χ2n) is 4.00. The molecule has 1 atom stereocenters. The van der Waals surface area contributed by atoms with Crippen LogP contribution in [0.1, 0.15) is 39.5 Å². The molecule has 0 saturated heterocycles. The Kier molecular flexibility index (Phi) is 8.33. The molecule has 0 fully saturated rings. The fourth-order valence-electron chi connectivity index (χ4n) is 1.37. The standard InChI is InChI=1S/C11H26O3Si/c1-6-8-9-11(7-2)10-14-15(5,12-3)13-4/h11H,6-10H2,1-5H3. The molecule has 0 aromatic heterocycles. The van der Waals surface area contributed by atoms with Crippen LogP contribution in [0.3, 0.4) is 0 Å². The van der Waals surface area contributed by atoms with Gasteiger partial charge < -0.3 is 13.3 Å². The van der Waals surface area contributed by atoms with E-state index in [-0.39, 0.29) is 0 Å². The molecule has 1 unspecified atom stereocenters. The second kappa shape index (κ2) is 8.27. The van der Waals surface area contributed by atoms with Crippen molar-refractivity contribution in [2.24, 2.45) is 5.92 Å². The number of hydrogen-bond donors (Lipinski definition) is 0. The summed E-state index contributed by atoms with van der Waals surface area (Å²) >= 11 is 0. The SMILES string of the molecule is CCCCC(CC)CO[Si](C)(OC)OC. The third kappa shape index (κ3) is 6.30. The van der Waals surface area contributed by atoms with E-state index >= 15 is 0 Å². The van der Waals surface area contributed by atoms with Gasteiger partial charge in [0.25, 0.3) is 0 Å². The highest BCUT2D eigenvalue weighted by Crippen LogP contribution is 2.16. The van der Waals surface area contributed by atoms with E-state index in [9.17, 15) is 0 Å². The van der Waals surface area contributed by atoms with Gasteiger partial charge in [-0.15, -0.1) is 0 Å². The van der Waals surface area contributed by atoms with Crippen molar-refractivity contribution in [3.63, 3.8) is 0 Å². The van der Waals surface area contributed by atoms with Crippen LogP contribution in [0.2, 0.25) is 6.55 Å². The Bertz CT molecular complexity index is 149. The van der Waals surface area contributed by atoms with Crippen molar-refractivity contribution in [2.75, 3.05) is 20.8 Å². The zero-order valence-corrected chi connectivity index (χ0v) is 11.8. The predicted molar refractivity (Wildman–Crippen MR) is 64.9 cm³/mol. The quantitative estimate of drug-likeness (QED) is 0.574. The first kappa shape index (κ1) is 15.1. The first-order chi connectivity index (χ1) is 7.11. The predicted octanol–water partition coefficient (Wildman–Crippen LogP) is 3.08. The lowest BCUT2D eigenvalue weighted by molar-refractivity contribution is 0.0855. The molecule has 0 spiro atoms. The second-order valence-corrected chi connectivity index (χ2v) is 6.83. The maximum atomic E-state index is 5.77. The van der Waals surface area contributed by atoms with Gasteiger partial charge in [-0.1, -0.05) is 33.1 Å². The van der Waals surface area contributed by atoms with Gasteiger partial charge in [0.05, 0.1) is 0 Å². The van der Waals surface area contributed by atoms with Crippen molar-refractivity contribution < 1.29 is 13.3 Å². The van der Waals surface area contributed by atoms with Crippen LogP contribution in [0, 0.1) is 5.92 Å². The molecule has 0 amide bonds. The molecule has 4 heteroatoms.